The number of cyclic esters (lactones) is 1. The zero-order valence-electron chi connectivity index (χ0n) is 34.0. The van der Waals surface area contributed by atoms with Gasteiger partial charge in [-0.1, -0.05) is 20.8 Å². The van der Waals surface area contributed by atoms with Crippen LogP contribution < -0.4 is 0 Å². The molecule has 0 aromatic carbocycles. The summed E-state index contributed by atoms with van der Waals surface area (Å²) in [5.41, 5.74) is -3.96. The van der Waals surface area contributed by atoms with Crippen molar-refractivity contribution in [2.45, 2.75) is 192 Å². The molecule has 14 nitrogen and oxygen atoms in total. The highest BCUT2D eigenvalue weighted by molar-refractivity contribution is 5.85. The van der Waals surface area contributed by atoms with Gasteiger partial charge in [-0.3, -0.25) is 9.79 Å². The first-order valence-corrected chi connectivity index (χ1v) is 19.0. The van der Waals surface area contributed by atoms with E-state index in [1.807, 2.05) is 32.8 Å². The molecule has 5 N–H and O–H groups in total. The number of methoxy groups -OCH3 is 1. The number of rotatable bonds is 7. The van der Waals surface area contributed by atoms with E-state index in [9.17, 15) is 30.3 Å². The Morgan fingerprint density at radius 1 is 0.923 bits per heavy atom. The van der Waals surface area contributed by atoms with Gasteiger partial charge in [-0.2, -0.15) is 0 Å². The molecule has 3 aliphatic heterocycles. The predicted octanol–water partition coefficient (Wildman–Crippen LogP) is 2.43. The Bertz CT molecular complexity index is 1200. The smallest absolute Gasteiger partial charge is 0.311 e. The molecule has 2 saturated heterocycles. The number of nitrogens with zero attached hydrogens (tertiary/aromatic N) is 2. The minimum Gasteiger partial charge on any atom is -0.459 e. The van der Waals surface area contributed by atoms with Gasteiger partial charge in [0.2, 0.25) is 0 Å². The first-order valence-electron chi connectivity index (χ1n) is 19.0. The minimum atomic E-state index is -1.84. The van der Waals surface area contributed by atoms with Crippen LogP contribution in [-0.2, 0) is 33.2 Å². The number of carbonyl (C=O) groups is 1. The Balaban J connectivity index is 2.20. The summed E-state index contributed by atoms with van der Waals surface area (Å²) in [6, 6.07) is -0.767. The van der Waals surface area contributed by atoms with Crippen LogP contribution in [-0.4, -0.2) is 154 Å². The highest BCUT2D eigenvalue weighted by Gasteiger charge is 2.52. The number of aliphatic imine (C=N–C) groups is 1. The van der Waals surface area contributed by atoms with E-state index in [0.717, 1.165) is 0 Å². The summed E-state index contributed by atoms with van der Waals surface area (Å²) < 4.78 is 37.4. The molecule has 0 aromatic heterocycles. The zero-order chi connectivity index (χ0) is 39.7. The molecule has 0 radical (unpaired) electrons. The lowest BCUT2D eigenvalue weighted by molar-refractivity contribution is -0.317. The van der Waals surface area contributed by atoms with Gasteiger partial charge < -0.3 is 58.9 Å². The Labute approximate surface area is 311 Å². The van der Waals surface area contributed by atoms with E-state index in [1.54, 1.807) is 55.4 Å². The highest BCUT2D eigenvalue weighted by Crippen LogP contribution is 2.40. The fourth-order valence-corrected chi connectivity index (χ4v) is 8.42. The summed E-state index contributed by atoms with van der Waals surface area (Å²) in [5, 5.41) is 58.0. The van der Waals surface area contributed by atoms with Crippen molar-refractivity contribution < 1.29 is 58.7 Å². The zero-order valence-corrected chi connectivity index (χ0v) is 34.0. The van der Waals surface area contributed by atoms with Gasteiger partial charge in [0, 0.05) is 49.6 Å². The van der Waals surface area contributed by atoms with Crippen LogP contribution in [0.25, 0.3) is 0 Å². The van der Waals surface area contributed by atoms with Gasteiger partial charge in [0.25, 0.3) is 0 Å². The van der Waals surface area contributed by atoms with Crippen molar-refractivity contribution >= 4 is 11.7 Å². The third kappa shape index (κ3) is 9.92. The molecule has 2 fully saturated rings. The molecule has 3 aliphatic rings. The van der Waals surface area contributed by atoms with Gasteiger partial charge in [0.05, 0.1) is 47.6 Å². The van der Waals surface area contributed by atoms with E-state index >= 15 is 0 Å². The normalized spacial score (nSPS) is 50.1. The van der Waals surface area contributed by atoms with Crippen molar-refractivity contribution in [3.63, 3.8) is 0 Å². The van der Waals surface area contributed by atoms with E-state index in [1.165, 1.54) is 14.0 Å². The third-order valence-electron chi connectivity index (χ3n) is 12.0. The first kappa shape index (κ1) is 45.1. The Morgan fingerprint density at radius 3 is 2.10 bits per heavy atom. The molecule has 2 unspecified atom stereocenters. The maximum atomic E-state index is 14.2. The second-order valence-corrected chi connectivity index (χ2v) is 16.8. The van der Waals surface area contributed by atoms with Crippen LogP contribution in [0.3, 0.4) is 0 Å². The standard InChI is InChI=1S/C38H70N2O12/c1-15-27-38(11,46)31(42)21(4)24(7)39-19(2)17-36(9,45)33(52-35-29(41)26(40(12)13)16-20(3)48-35)22(5)30(23(6)34(44)50-27)51-28-18-37(10,47-14)32(43)25(8)49-28/h19-23,25-33,35,41-43,45-46H,15-18H2,1-14H3/b39-24+/t19-,20-,21+,22+,23-,25+,26+,27-,28+,29-,30+,31-,32+,33-,35+,36?,37-,38?/m1/s1. The Hall–Kier alpha value is -1.30. The lowest BCUT2D eigenvalue weighted by Gasteiger charge is -2.48. The maximum absolute atomic E-state index is 14.2. The van der Waals surface area contributed by atoms with Crippen LogP contribution in [0.5, 0.6) is 0 Å². The van der Waals surface area contributed by atoms with Gasteiger partial charge in [-0.25, -0.2) is 0 Å². The van der Waals surface area contributed by atoms with Gasteiger partial charge in [-0.05, 0) is 82.3 Å². The number of hydrogen-bond acceptors (Lipinski definition) is 14. The third-order valence-corrected chi connectivity index (χ3v) is 12.0. The molecular formula is C38H70N2O12. The molecule has 0 spiro atoms. The van der Waals surface area contributed by atoms with Crippen molar-refractivity contribution in [3.8, 4) is 0 Å². The number of aliphatic hydroxyl groups is 5. The topological polar surface area (TPSA) is 189 Å². The highest BCUT2D eigenvalue weighted by atomic mass is 16.7. The molecule has 0 amide bonds. The summed E-state index contributed by atoms with van der Waals surface area (Å²) >= 11 is 0. The van der Waals surface area contributed by atoms with Crippen molar-refractivity contribution in [2.24, 2.45) is 22.7 Å². The molecular weight excluding hydrogens is 676 g/mol. The van der Waals surface area contributed by atoms with Gasteiger partial charge in [-0.15, -0.1) is 0 Å². The van der Waals surface area contributed by atoms with Crippen molar-refractivity contribution in [1.29, 1.82) is 0 Å². The number of likely N-dealkylation sites (N-methyl/N-ethyl adjacent to an activating group) is 1. The monoisotopic (exact) mass is 746 g/mol. The van der Waals surface area contributed by atoms with Crippen LogP contribution in [0.2, 0.25) is 0 Å². The average molecular weight is 747 g/mol. The predicted molar refractivity (Wildman–Crippen MR) is 195 cm³/mol. The van der Waals surface area contributed by atoms with Crippen LogP contribution in [0.4, 0.5) is 0 Å². The summed E-state index contributed by atoms with van der Waals surface area (Å²) in [5.74, 6) is -3.13. The molecule has 3 rings (SSSR count). The fraction of sp³-hybridized carbons (Fsp3) is 0.947. The molecule has 0 bridgehead atoms. The van der Waals surface area contributed by atoms with Gasteiger partial charge in [0.15, 0.2) is 12.6 Å². The molecule has 14 heteroatoms. The fourth-order valence-electron chi connectivity index (χ4n) is 8.42. The number of esters is 1. The van der Waals surface area contributed by atoms with Crippen molar-refractivity contribution in [2.75, 3.05) is 21.2 Å². The second-order valence-electron chi connectivity index (χ2n) is 16.8. The average Bonchev–Trinajstić information content (AvgIpc) is 3.05. The van der Waals surface area contributed by atoms with Crippen molar-refractivity contribution in [1.82, 2.24) is 4.90 Å². The summed E-state index contributed by atoms with van der Waals surface area (Å²) in [6.45, 7) is 19.0. The van der Waals surface area contributed by atoms with Gasteiger partial charge >= 0.3 is 5.97 Å². The molecule has 52 heavy (non-hydrogen) atoms. The molecule has 0 aromatic rings. The van der Waals surface area contributed by atoms with Crippen LogP contribution in [0.15, 0.2) is 4.99 Å². The summed E-state index contributed by atoms with van der Waals surface area (Å²) in [7, 11) is 5.25. The van der Waals surface area contributed by atoms with E-state index < -0.39 is 102 Å². The minimum absolute atomic E-state index is 0.0854. The molecule has 18 atom stereocenters. The largest absolute Gasteiger partial charge is 0.459 e. The Morgan fingerprint density at radius 2 is 1.54 bits per heavy atom. The van der Waals surface area contributed by atoms with E-state index in [2.05, 4.69) is 0 Å². The second kappa shape index (κ2) is 17.7. The first-order chi connectivity index (χ1) is 23.9. The number of carbonyl (C=O) groups excluding carboxylic acids is 1. The van der Waals surface area contributed by atoms with E-state index in [0.29, 0.717) is 12.1 Å². The van der Waals surface area contributed by atoms with Crippen LogP contribution in [0, 0.1) is 17.8 Å². The summed E-state index contributed by atoms with van der Waals surface area (Å²) in [4.78, 5) is 20.9. The number of aliphatic hydroxyl groups excluding tert-OH is 3. The number of hydrogen-bond donors (Lipinski definition) is 5. The number of ether oxygens (including phenoxy) is 6. The Kier molecular flexibility index (Phi) is 15.3. The lowest BCUT2D eigenvalue weighted by atomic mass is 9.78. The molecule has 0 aliphatic carbocycles. The maximum Gasteiger partial charge on any atom is 0.311 e. The summed E-state index contributed by atoms with van der Waals surface area (Å²) in [6.07, 6.45) is -8.64. The molecule has 0 saturated carbocycles. The van der Waals surface area contributed by atoms with Gasteiger partial charge in [0.1, 0.15) is 23.9 Å². The van der Waals surface area contributed by atoms with Crippen molar-refractivity contribution in [3.05, 3.63) is 0 Å². The molecule has 304 valence electrons. The van der Waals surface area contributed by atoms with E-state index in [-0.39, 0.29) is 31.4 Å². The molecule has 3 heterocycles. The lowest BCUT2D eigenvalue weighted by Crippen LogP contribution is -2.60. The van der Waals surface area contributed by atoms with Crippen LogP contribution >= 0.6 is 0 Å². The van der Waals surface area contributed by atoms with E-state index in [4.69, 9.17) is 33.4 Å². The van der Waals surface area contributed by atoms with Crippen LogP contribution in [0.1, 0.15) is 102 Å². The quantitative estimate of drug-likeness (QED) is 0.239. The SMILES string of the molecule is CC[C@H]1OC(=O)[C@H](C)[C@@H](O[C@H]2C[C@@](C)(OC)[C@@H](O)[C@H](C)O2)[C@H](C)[C@@H](O[C@@H]2O[C@H](C)C[C@H](N(C)C)[C@H]2O)C(C)(O)C[C@@H](C)/N=C(\C)[C@H](C)[C@@H](O)C1(C)O.